The molecular formula is C8H17N2. The zero-order valence-electron chi connectivity index (χ0n) is 7.88. The van der Waals surface area contributed by atoms with Gasteiger partial charge in [0.15, 0.2) is 0 Å². The second-order valence-corrected chi connectivity index (χ2v) is 2.86. The predicted octanol–water partition coefficient (Wildman–Crippen LogP) is 1.58. The van der Waals surface area contributed by atoms with E-state index in [1.165, 1.54) is 19.4 Å². The SMILES string of the molecule is CCCCN1C=CN(C)C1.[H]. The van der Waals surface area contributed by atoms with Gasteiger partial charge in [0, 0.05) is 27.4 Å². The molecule has 0 unspecified atom stereocenters. The lowest BCUT2D eigenvalue weighted by molar-refractivity contribution is 0.293. The molecule has 0 aliphatic carbocycles. The van der Waals surface area contributed by atoms with Gasteiger partial charge in [-0.15, -0.1) is 0 Å². The van der Waals surface area contributed by atoms with Crippen LogP contribution in [0.4, 0.5) is 0 Å². The van der Waals surface area contributed by atoms with Gasteiger partial charge in [-0.1, -0.05) is 13.3 Å². The molecular weight excluding hydrogens is 124 g/mol. The molecule has 1 aliphatic heterocycles. The Morgan fingerprint density at radius 3 is 2.80 bits per heavy atom. The highest BCUT2D eigenvalue weighted by Crippen LogP contribution is 2.04. The number of rotatable bonds is 3. The Bertz CT molecular complexity index is 125. The molecule has 1 rings (SSSR count). The fourth-order valence-electron chi connectivity index (χ4n) is 1.10. The van der Waals surface area contributed by atoms with Crippen molar-refractivity contribution in [1.29, 1.82) is 0 Å². The van der Waals surface area contributed by atoms with E-state index in [0.717, 1.165) is 6.67 Å². The largest absolute Gasteiger partial charge is 0.362 e. The van der Waals surface area contributed by atoms with Gasteiger partial charge in [0.2, 0.25) is 0 Å². The van der Waals surface area contributed by atoms with Gasteiger partial charge in [-0.25, -0.2) is 0 Å². The molecule has 1 heterocycles. The van der Waals surface area contributed by atoms with Gasteiger partial charge >= 0.3 is 0 Å². The maximum Gasteiger partial charge on any atom is 0.0890 e. The van der Waals surface area contributed by atoms with Gasteiger partial charge in [-0.05, 0) is 6.42 Å². The van der Waals surface area contributed by atoms with Crippen LogP contribution in [0.3, 0.4) is 0 Å². The number of hydrogen-bond acceptors (Lipinski definition) is 2. The van der Waals surface area contributed by atoms with Crippen LogP contribution in [0.25, 0.3) is 0 Å². The summed E-state index contributed by atoms with van der Waals surface area (Å²) in [5, 5.41) is 0. The Morgan fingerprint density at radius 2 is 2.30 bits per heavy atom. The van der Waals surface area contributed by atoms with E-state index in [0.29, 0.717) is 0 Å². The van der Waals surface area contributed by atoms with E-state index in [-0.39, 0.29) is 1.43 Å². The summed E-state index contributed by atoms with van der Waals surface area (Å²) in [7, 11) is 2.10. The Hall–Kier alpha value is -0.660. The maximum absolute atomic E-state index is 2.34. The zero-order valence-corrected chi connectivity index (χ0v) is 6.88. The van der Waals surface area contributed by atoms with Crippen LogP contribution in [0, 0.1) is 0 Å². The third-order valence-electron chi connectivity index (χ3n) is 1.74. The van der Waals surface area contributed by atoms with Crippen LogP contribution in [0.1, 0.15) is 21.2 Å². The molecule has 0 fully saturated rings. The quantitative estimate of drug-likeness (QED) is 0.588. The van der Waals surface area contributed by atoms with Crippen molar-refractivity contribution in [1.82, 2.24) is 9.80 Å². The van der Waals surface area contributed by atoms with Crippen molar-refractivity contribution in [2.24, 2.45) is 0 Å². The van der Waals surface area contributed by atoms with Crippen molar-refractivity contribution in [2.45, 2.75) is 19.8 Å². The van der Waals surface area contributed by atoms with Crippen LogP contribution in [0.15, 0.2) is 12.4 Å². The molecule has 0 spiro atoms. The van der Waals surface area contributed by atoms with Crippen LogP contribution >= 0.6 is 0 Å². The van der Waals surface area contributed by atoms with Crippen LogP contribution in [0.5, 0.6) is 0 Å². The predicted molar refractivity (Wildman–Crippen MR) is 44.5 cm³/mol. The van der Waals surface area contributed by atoms with Crippen LogP contribution in [-0.4, -0.2) is 30.1 Å². The molecule has 0 saturated heterocycles. The molecule has 0 amide bonds. The lowest BCUT2D eigenvalue weighted by Gasteiger charge is -2.17. The van der Waals surface area contributed by atoms with Crippen molar-refractivity contribution >= 4 is 0 Å². The summed E-state index contributed by atoms with van der Waals surface area (Å²) < 4.78 is 0. The summed E-state index contributed by atoms with van der Waals surface area (Å²) in [6, 6.07) is 0. The molecule has 0 aromatic carbocycles. The minimum absolute atomic E-state index is 0. The lowest BCUT2D eigenvalue weighted by atomic mass is 10.3. The smallest absolute Gasteiger partial charge is 0.0890 e. The summed E-state index contributed by atoms with van der Waals surface area (Å²) in [5.41, 5.74) is 0. The van der Waals surface area contributed by atoms with Gasteiger partial charge in [0.1, 0.15) is 0 Å². The van der Waals surface area contributed by atoms with E-state index in [1.807, 2.05) is 0 Å². The van der Waals surface area contributed by atoms with Crippen molar-refractivity contribution in [3.63, 3.8) is 0 Å². The normalized spacial score (nSPS) is 17.0. The average molecular weight is 141 g/mol. The van der Waals surface area contributed by atoms with E-state index in [1.54, 1.807) is 0 Å². The zero-order chi connectivity index (χ0) is 7.40. The first-order chi connectivity index (χ1) is 4.83. The fraction of sp³-hybridized carbons (Fsp3) is 0.750. The molecule has 1 aliphatic rings. The second-order valence-electron chi connectivity index (χ2n) is 2.86. The molecule has 2 heteroatoms. The summed E-state index contributed by atoms with van der Waals surface area (Å²) in [4.78, 5) is 4.53. The molecule has 0 saturated carbocycles. The molecule has 0 N–H and O–H groups in total. The Labute approximate surface area is 64.6 Å². The molecule has 10 heavy (non-hydrogen) atoms. The summed E-state index contributed by atoms with van der Waals surface area (Å²) in [5.74, 6) is 0. The van der Waals surface area contributed by atoms with Crippen LogP contribution in [0.2, 0.25) is 0 Å². The number of unbranched alkanes of at least 4 members (excludes halogenated alkanes) is 1. The lowest BCUT2D eigenvalue weighted by Crippen LogP contribution is -2.23. The van der Waals surface area contributed by atoms with Crippen molar-refractivity contribution < 1.29 is 1.43 Å². The van der Waals surface area contributed by atoms with E-state index in [2.05, 4.69) is 36.2 Å². The summed E-state index contributed by atoms with van der Waals surface area (Å²) in [6.45, 7) is 4.50. The van der Waals surface area contributed by atoms with Crippen LogP contribution in [-0.2, 0) is 0 Å². The number of hydrogen-bond donors (Lipinski definition) is 0. The van der Waals surface area contributed by atoms with Crippen molar-refractivity contribution in [3.05, 3.63) is 12.4 Å². The highest BCUT2D eigenvalue weighted by atomic mass is 15.3. The minimum Gasteiger partial charge on any atom is -0.362 e. The third kappa shape index (κ3) is 1.94. The Balaban J connectivity index is 0.000001000. The summed E-state index contributed by atoms with van der Waals surface area (Å²) in [6.07, 6.45) is 6.87. The van der Waals surface area contributed by atoms with E-state index < -0.39 is 0 Å². The third-order valence-corrected chi connectivity index (χ3v) is 1.74. The van der Waals surface area contributed by atoms with E-state index in [9.17, 15) is 0 Å². The van der Waals surface area contributed by atoms with E-state index >= 15 is 0 Å². The summed E-state index contributed by atoms with van der Waals surface area (Å²) >= 11 is 0. The van der Waals surface area contributed by atoms with E-state index in [4.69, 9.17) is 0 Å². The average Bonchev–Trinajstić information content (AvgIpc) is 2.31. The molecule has 0 aromatic heterocycles. The highest BCUT2D eigenvalue weighted by Gasteiger charge is 2.05. The first kappa shape index (κ1) is 7.45. The Kier molecular flexibility index (Phi) is 2.60. The van der Waals surface area contributed by atoms with Gasteiger partial charge < -0.3 is 9.80 Å². The first-order valence-electron chi connectivity index (χ1n) is 3.95. The monoisotopic (exact) mass is 141 g/mol. The van der Waals surface area contributed by atoms with Crippen molar-refractivity contribution in [3.8, 4) is 0 Å². The molecule has 2 nitrogen and oxygen atoms in total. The molecule has 0 aromatic rings. The molecule has 0 bridgehead atoms. The fourth-order valence-corrected chi connectivity index (χ4v) is 1.10. The van der Waals surface area contributed by atoms with Gasteiger partial charge in [-0.3, -0.25) is 0 Å². The molecule has 0 atom stereocenters. The first-order valence-corrected chi connectivity index (χ1v) is 3.95. The molecule has 59 valence electrons. The minimum atomic E-state index is 0. The maximum atomic E-state index is 2.34. The van der Waals surface area contributed by atoms with Crippen molar-refractivity contribution in [2.75, 3.05) is 20.3 Å². The number of nitrogens with zero attached hydrogens (tertiary/aromatic N) is 2. The topological polar surface area (TPSA) is 6.48 Å². The van der Waals surface area contributed by atoms with Crippen LogP contribution < -0.4 is 0 Å². The molecule has 1 radical (unpaired) electrons. The van der Waals surface area contributed by atoms with Gasteiger partial charge in [0.05, 0.1) is 6.67 Å². The standard InChI is InChI=1S/C8H16N2.H/c1-3-4-5-10-7-6-9(2)8-10;/h6-7H,3-5,8H2,1-2H3;. The van der Waals surface area contributed by atoms with Gasteiger partial charge in [-0.2, -0.15) is 0 Å². The Morgan fingerprint density at radius 1 is 1.50 bits per heavy atom. The highest BCUT2D eigenvalue weighted by molar-refractivity contribution is 4.88. The second kappa shape index (κ2) is 3.49. The van der Waals surface area contributed by atoms with Gasteiger partial charge in [0.25, 0.3) is 0 Å².